The number of nitriles is 1. The molecule has 1 amide bonds. The third kappa shape index (κ3) is 3.80. The number of carbonyl (C=O) groups excluding carboxylic acids is 1. The van der Waals surface area contributed by atoms with Gasteiger partial charge in [0.2, 0.25) is 5.88 Å². The van der Waals surface area contributed by atoms with Crippen LogP contribution in [0.4, 0.5) is 5.82 Å². The van der Waals surface area contributed by atoms with E-state index in [2.05, 4.69) is 4.98 Å². The van der Waals surface area contributed by atoms with Crippen LogP contribution >= 0.6 is 0 Å². The molecule has 0 saturated carbocycles. The van der Waals surface area contributed by atoms with E-state index in [-0.39, 0.29) is 22.9 Å². The maximum atomic E-state index is 12.3. The van der Waals surface area contributed by atoms with Gasteiger partial charge in [-0.15, -0.1) is 0 Å². The third-order valence-corrected chi connectivity index (χ3v) is 4.22. The summed E-state index contributed by atoms with van der Waals surface area (Å²) in [4.78, 5) is 34.4. The maximum Gasteiger partial charge on any atom is 0.306 e. The normalized spacial score (nSPS) is 14.7. The summed E-state index contributed by atoms with van der Waals surface area (Å²) < 4.78 is 5.21. The first-order chi connectivity index (χ1) is 11.9. The molecule has 1 aromatic heterocycles. The van der Waals surface area contributed by atoms with Gasteiger partial charge in [0.25, 0.3) is 5.91 Å². The highest BCUT2D eigenvalue weighted by Crippen LogP contribution is 2.29. The summed E-state index contributed by atoms with van der Waals surface area (Å²) in [6, 6.07) is 3.46. The zero-order valence-corrected chi connectivity index (χ0v) is 14.4. The SMILES string of the molecule is COc1nc(N2CCC(C(=O)O)CC2)c(C#N)cc1C(=O)N(C)OC. The van der Waals surface area contributed by atoms with E-state index in [0.29, 0.717) is 31.7 Å². The molecule has 1 aliphatic rings. The quantitative estimate of drug-likeness (QED) is 0.780. The Morgan fingerprint density at radius 1 is 1.40 bits per heavy atom. The van der Waals surface area contributed by atoms with Crippen LogP contribution in [0.15, 0.2) is 6.07 Å². The Bertz CT molecular complexity index is 707. The molecule has 2 rings (SSSR count). The molecule has 0 bridgehead atoms. The molecule has 1 aliphatic heterocycles. The highest BCUT2D eigenvalue weighted by atomic mass is 16.7. The summed E-state index contributed by atoms with van der Waals surface area (Å²) in [6.07, 6.45) is 0.939. The van der Waals surface area contributed by atoms with E-state index >= 15 is 0 Å². The van der Waals surface area contributed by atoms with E-state index in [1.807, 2.05) is 11.0 Å². The Balaban J connectivity index is 2.36. The molecule has 0 aromatic carbocycles. The molecule has 0 spiro atoms. The first-order valence-electron chi connectivity index (χ1n) is 7.72. The first kappa shape index (κ1) is 18.5. The second-order valence-electron chi connectivity index (χ2n) is 5.61. The van der Waals surface area contributed by atoms with Gasteiger partial charge in [0.1, 0.15) is 11.6 Å². The van der Waals surface area contributed by atoms with Gasteiger partial charge < -0.3 is 14.7 Å². The monoisotopic (exact) mass is 348 g/mol. The van der Waals surface area contributed by atoms with Gasteiger partial charge in [0.05, 0.1) is 25.7 Å². The number of hydrogen-bond donors (Lipinski definition) is 1. The van der Waals surface area contributed by atoms with E-state index in [1.54, 1.807) is 0 Å². The smallest absolute Gasteiger partial charge is 0.306 e. The van der Waals surface area contributed by atoms with E-state index in [0.717, 1.165) is 5.06 Å². The number of nitrogens with zero attached hydrogens (tertiary/aromatic N) is 4. The topological polar surface area (TPSA) is 116 Å². The minimum absolute atomic E-state index is 0.0864. The molecule has 1 fully saturated rings. The molecule has 25 heavy (non-hydrogen) atoms. The summed E-state index contributed by atoms with van der Waals surface area (Å²) in [5, 5.41) is 19.6. The predicted molar refractivity (Wildman–Crippen MR) is 87.2 cm³/mol. The molecule has 0 aliphatic carbocycles. The minimum Gasteiger partial charge on any atom is -0.481 e. The van der Waals surface area contributed by atoms with Crippen LogP contribution in [0.25, 0.3) is 0 Å². The van der Waals surface area contributed by atoms with E-state index in [4.69, 9.17) is 14.7 Å². The summed E-state index contributed by atoms with van der Waals surface area (Å²) in [7, 11) is 4.18. The average molecular weight is 348 g/mol. The number of rotatable bonds is 5. The Labute approximate surface area is 145 Å². The number of pyridine rings is 1. The molecule has 0 unspecified atom stereocenters. The Morgan fingerprint density at radius 3 is 2.52 bits per heavy atom. The lowest BCUT2D eigenvalue weighted by Gasteiger charge is -2.31. The van der Waals surface area contributed by atoms with Gasteiger partial charge >= 0.3 is 5.97 Å². The summed E-state index contributed by atoms with van der Waals surface area (Å²) in [6.45, 7) is 0.931. The van der Waals surface area contributed by atoms with Crippen molar-refractivity contribution in [3.05, 3.63) is 17.2 Å². The van der Waals surface area contributed by atoms with Gasteiger partial charge in [0, 0.05) is 20.1 Å². The number of carboxylic acid groups (broad SMARTS) is 1. The van der Waals surface area contributed by atoms with E-state index in [9.17, 15) is 14.9 Å². The van der Waals surface area contributed by atoms with E-state index in [1.165, 1.54) is 27.3 Å². The second-order valence-corrected chi connectivity index (χ2v) is 5.61. The number of methoxy groups -OCH3 is 1. The first-order valence-corrected chi connectivity index (χ1v) is 7.72. The van der Waals surface area contributed by atoms with Crippen LogP contribution in [-0.2, 0) is 9.63 Å². The number of piperidine rings is 1. The molecule has 9 nitrogen and oxygen atoms in total. The Kier molecular flexibility index (Phi) is 5.77. The van der Waals surface area contributed by atoms with Crippen molar-refractivity contribution in [3.8, 4) is 11.9 Å². The largest absolute Gasteiger partial charge is 0.481 e. The summed E-state index contributed by atoms with van der Waals surface area (Å²) >= 11 is 0. The fraction of sp³-hybridized carbons (Fsp3) is 0.500. The zero-order chi connectivity index (χ0) is 18.6. The molecule has 1 aromatic rings. The van der Waals surface area contributed by atoms with Gasteiger partial charge in [0.15, 0.2) is 5.82 Å². The van der Waals surface area contributed by atoms with Crippen LogP contribution in [0.1, 0.15) is 28.8 Å². The van der Waals surface area contributed by atoms with E-state index < -0.39 is 11.9 Å². The Morgan fingerprint density at radius 2 is 2.04 bits per heavy atom. The van der Waals surface area contributed by atoms with Gasteiger partial charge in [-0.3, -0.25) is 14.4 Å². The van der Waals surface area contributed by atoms with Crippen LogP contribution in [-0.4, -0.2) is 61.4 Å². The number of carboxylic acids is 1. The number of aromatic nitrogens is 1. The number of hydroxylamine groups is 2. The standard InChI is InChI=1S/C16H20N4O5/c1-19(25-3)15(21)12-8-11(9-17)13(18-14(12)24-2)20-6-4-10(5-7-20)16(22)23/h8,10H,4-7H2,1-3H3,(H,22,23). The average Bonchev–Trinajstić information content (AvgIpc) is 2.65. The molecule has 134 valence electrons. The number of ether oxygens (including phenoxy) is 1. The third-order valence-electron chi connectivity index (χ3n) is 4.22. The predicted octanol–water partition coefficient (Wildman–Crippen LogP) is 0.896. The highest BCUT2D eigenvalue weighted by molar-refractivity contribution is 5.96. The molecular weight excluding hydrogens is 328 g/mol. The number of amides is 1. The number of anilines is 1. The van der Waals surface area contributed by atoms with Crippen molar-refractivity contribution in [1.82, 2.24) is 10.0 Å². The number of hydrogen-bond acceptors (Lipinski definition) is 7. The zero-order valence-electron chi connectivity index (χ0n) is 14.4. The fourth-order valence-corrected chi connectivity index (χ4v) is 2.71. The van der Waals surface area contributed by atoms with Crippen molar-refractivity contribution >= 4 is 17.7 Å². The van der Waals surface area contributed by atoms with Gasteiger partial charge in [-0.1, -0.05) is 0 Å². The van der Waals surface area contributed by atoms with Crippen molar-refractivity contribution in [2.24, 2.45) is 5.92 Å². The number of aliphatic carboxylic acids is 1. The molecular formula is C16H20N4O5. The Hall–Kier alpha value is -2.86. The fourth-order valence-electron chi connectivity index (χ4n) is 2.71. The van der Waals surface area contributed by atoms with Gasteiger partial charge in [-0.05, 0) is 18.9 Å². The van der Waals surface area contributed by atoms with Crippen molar-refractivity contribution < 1.29 is 24.3 Å². The second kappa shape index (κ2) is 7.81. The van der Waals surface area contributed by atoms with Crippen LogP contribution in [0.2, 0.25) is 0 Å². The highest BCUT2D eigenvalue weighted by Gasteiger charge is 2.28. The van der Waals surface area contributed by atoms with Crippen LogP contribution in [0.5, 0.6) is 5.88 Å². The lowest BCUT2D eigenvalue weighted by Crippen LogP contribution is -2.37. The summed E-state index contributed by atoms with van der Waals surface area (Å²) in [5.41, 5.74) is 0.343. The molecule has 0 radical (unpaired) electrons. The molecule has 2 heterocycles. The van der Waals surface area contributed by atoms with Crippen LogP contribution < -0.4 is 9.64 Å². The van der Waals surface area contributed by atoms with Crippen LogP contribution in [0.3, 0.4) is 0 Å². The minimum atomic E-state index is -0.811. The molecule has 1 saturated heterocycles. The molecule has 1 N–H and O–H groups in total. The lowest BCUT2D eigenvalue weighted by molar-refractivity contribution is -0.142. The van der Waals surface area contributed by atoms with Crippen molar-refractivity contribution in [2.75, 3.05) is 39.3 Å². The summed E-state index contributed by atoms with van der Waals surface area (Å²) in [5.74, 6) is -1.21. The van der Waals surface area contributed by atoms with Crippen molar-refractivity contribution in [3.63, 3.8) is 0 Å². The van der Waals surface area contributed by atoms with Gasteiger partial charge in [-0.2, -0.15) is 10.2 Å². The number of carbonyl (C=O) groups is 2. The lowest BCUT2D eigenvalue weighted by atomic mass is 9.97. The van der Waals surface area contributed by atoms with Gasteiger partial charge in [-0.25, -0.2) is 5.06 Å². The molecule has 0 atom stereocenters. The molecule has 9 heteroatoms. The van der Waals surface area contributed by atoms with Crippen LogP contribution in [0, 0.1) is 17.2 Å². The van der Waals surface area contributed by atoms with Crippen molar-refractivity contribution in [2.45, 2.75) is 12.8 Å². The van der Waals surface area contributed by atoms with Crippen molar-refractivity contribution in [1.29, 1.82) is 5.26 Å². The maximum absolute atomic E-state index is 12.3.